The lowest BCUT2D eigenvalue weighted by molar-refractivity contribution is 0.417. The number of para-hydroxylation sites is 1. The highest BCUT2D eigenvalue weighted by Gasteiger charge is 2.18. The van der Waals surface area contributed by atoms with Gasteiger partial charge in [0.25, 0.3) is 0 Å². The fraction of sp³-hybridized carbons (Fsp3) is 0.158. The molecule has 7 nitrogen and oxygen atoms in total. The van der Waals surface area contributed by atoms with Gasteiger partial charge in [0, 0.05) is 25.5 Å². The maximum Gasteiger partial charge on any atom is 0.240 e. The van der Waals surface area contributed by atoms with E-state index in [4.69, 9.17) is 9.72 Å². The molecule has 0 atom stereocenters. The number of ether oxygens (including phenoxy) is 1. The Morgan fingerprint density at radius 1 is 1.14 bits per heavy atom. The van der Waals surface area contributed by atoms with E-state index in [0.717, 1.165) is 21.7 Å². The summed E-state index contributed by atoms with van der Waals surface area (Å²) >= 11 is 1.58. The van der Waals surface area contributed by atoms with Crippen LogP contribution in [-0.4, -0.2) is 36.6 Å². The summed E-state index contributed by atoms with van der Waals surface area (Å²) in [6.45, 7) is 0.626. The second-order valence-electron chi connectivity index (χ2n) is 5.97. The molecule has 9 heteroatoms. The second-order valence-corrected chi connectivity index (χ2v) is 8.69. The Balaban J connectivity index is 1.67. The predicted molar refractivity (Wildman–Crippen MR) is 109 cm³/mol. The molecular formula is C19H18N4O3S2. The predicted octanol–water partition coefficient (Wildman–Crippen LogP) is 3.15. The number of sulfonamides is 1. The molecule has 0 saturated carbocycles. The summed E-state index contributed by atoms with van der Waals surface area (Å²) in [5.41, 5.74) is 1.65. The molecule has 0 fully saturated rings. The molecule has 0 spiro atoms. The molecular weight excluding hydrogens is 396 g/mol. The lowest BCUT2D eigenvalue weighted by Crippen LogP contribution is -2.27. The molecule has 144 valence electrons. The first-order valence-electron chi connectivity index (χ1n) is 8.57. The largest absolute Gasteiger partial charge is 0.494 e. The van der Waals surface area contributed by atoms with E-state index < -0.39 is 10.0 Å². The van der Waals surface area contributed by atoms with Crippen LogP contribution in [0.4, 0.5) is 0 Å². The van der Waals surface area contributed by atoms with Gasteiger partial charge in [-0.3, -0.25) is 4.98 Å². The van der Waals surface area contributed by atoms with Crippen molar-refractivity contribution in [2.45, 2.75) is 11.4 Å². The van der Waals surface area contributed by atoms with E-state index in [1.807, 2.05) is 40.3 Å². The van der Waals surface area contributed by atoms with Crippen LogP contribution >= 0.6 is 11.3 Å². The molecule has 0 amide bonds. The Morgan fingerprint density at radius 2 is 1.96 bits per heavy atom. The van der Waals surface area contributed by atoms with E-state index in [1.54, 1.807) is 18.4 Å². The number of nitrogens with zero attached hydrogens (tertiary/aromatic N) is 3. The molecule has 1 aromatic carbocycles. The minimum atomic E-state index is -3.60. The molecule has 3 heterocycles. The molecule has 3 aromatic heterocycles. The SMILES string of the molecule is COc1cccc2nc(-c3cccs3)n(CCNS(=O)(=O)c3ccncc3)c12. The third-order valence-electron chi connectivity index (χ3n) is 4.28. The van der Waals surface area contributed by atoms with Crippen LogP contribution < -0.4 is 9.46 Å². The number of nitrogens with one attached hydrogen (secondary N) is 1. The van der Waals surface area contributed by atoms with Crippen molar-refractivity contribution in [3.8, 4) is 16.5 Å². The standard InChI is InChI=1S/C19H18N4O3S2/c1-26-16-5-2-4-15-18(16)23(19(22-15)17-6-3-13-27-17)12-11-21-28(24,25)14-7-9-20-10-8-14/h2-10,13,21H,11-12H2,1H3. The van der Waals surface area contributed by atoms with E-state index in [1.165, 1.54) is 24.5 Å². The van der Waals surface area contributed by atoms with E-state index in [2.05, 4.69) is 9.71 Å². The molecule has 0 bridgehead atoms. The Morgan fingerprint density at radius 3 is 2.68 bits per heavy atom. The number of aromatic nitrogens is 3. The molecule has 0 aliphatic rings. The fourth-order valence-electron chi connectivity index (χ4n) is 3.02. The van der Waals surface area contributed by atoms with Crippen LogP contribution in [0.1, 0.15) is 0 Å². The number of imidazole rings is 1. The molecule has 1 N–H and O–H groups in total. The van der Waals surface area contributed by atoms with E-state index in [0.29, 0.717) is 12.3 Å². The Bertz CT molecular complexity index is 1190. The van der Waals surface area contributed by atoms with Crippen LogP contribution in [0.3, 0.4) is 0 Å². The van der Waals surface area contributed by atoms with Crippen LogP contribution in [0.25, 0.3) is 21.7 Å². The second kappa shape index (κ2) is 7.70. The highest BCUT2D eigenvalue weighted by Crippen LogP contribution is 2.32. The van der Waals surface area contributed by atoms with Crippen molar-refractivity contribution in [2.24, 2.45) is 0 Å². The zero-order valence-electron chi connectivity index (χ0n) is 15.1. The third-order valence-corrected chi connectivity index (χ3v) is 6.62. The average Bonchev–Trinajstić information content (AvgIpc) is 3.36. The van der Waals surface area contributed by atoms with Gasteiger partial charge in [-0.1, -0.05) is 12.1 Å². The maximum absolute atomic E-state index is 12.5. The van der Waals surface area contributed by atoms with Crippen LogP contribution in [-0.2, 0) is 16.6 Å². The molecule has 4 rings (SSSR count). The van der Waals surface area contributed by atoms with Gasteiger partial charge in [0.2, 0.25) is 10.0 Å². The summed E-state index contributed by atoms with van der Waals surface area (Å²) in [5.74, 6) is 1.49. The topological polar surface area (TPSA) is 86.1 Å². The minimum absolute atomic E-state index is 0.189. The number of methoxy groups -OCH3 is 1. The van der Waals surface area contributed by atoms with Gasteiger partial charge >= 0.3 is 0 Å². The normalized spacial score (nSPS) is 11.8. The summed E-state index contributed by atoms with van der Waals surface area (Å²) in [5, 5.41) is 1.99. The van der Waals surface area contributed by atoms with Gasteiger partial charge in [-0.15, -0.1) is 11.3 Å². The fourth-order valence-corrected chi connectivity index (χ4v) is 4.75. The maximum atomic E-state index is 12.5. The smallest absolute Gasteiger partial charge is 0.240 e. The summed E-state index contributed by atoms with van der Waals surface area (Å²) in [7, 11) is -1.99. The highest BCUT2D eigenvalue weighted by atomic mass is 32.2. The number of hydrogen-bond acceptors (Lipinski definition) is 6. The molecule has 0 radical (unpaired) electrons. The first-order valence-corrected chi connectivity index (χ1v) is 10.9. The molecule has 28 heavy (non-hydrogen) atoms. The molecule has 4 aromatic rings. The molecule has 0 aliphatic heterocycles. The van der Waals surface area contributed by atoms with Gasteiger partial charge in [-0.2, -0.15) is 0 Å². The van der Waals surface area contributed by atoms with Gasteiger partial charge in [0.15, 0.2) is 5.82 Å². The zero-order chi connectivity index (χ0) is 19.6. The van der Waals surface area contributed by atoms with Gasteiger partial charge in [-0.25, -0.2) is 18.1 Å². The summed E-state index contributed by atoms with van der Waals surface area (Å²) in [6.07, 6.45) is 2.91. The van der Waals surface area contributed by atoms with E-state index in [9.17, 15) is 8.42 Å². The van der Waals surface area contributed by atoms with Crippen molar-refractivity contribution in [3.63, 3.8) is 0 Å². The van der Waals surface area contributed by atoms with Gasteiger partial charge in [-0.05, 0) is 35.7 Å². The number of hydrogen-bond donors (Lipinski definition) is 1. The molecule has 0 unspecified atom stereocenters. The van der Waals surface area contributed by atoms with Crippen molar-refractivity contribution in [1.29, 1.82) is 0 Å². The lowest BCUT2D eigenvalue weighted by Gasteiger charge is -2.12. The minimum Gasteiger partial charge on any atom is -0.494 e. The average molecular weight is 415 g/mol. The van der Waals surface area contributed by atoms with Crippen LogP contribution in [0.5, 0.6) is 5.75 Å². The zero-order valence-corrected chi connectivity index (χ0v) is 16.7. The molecule has 0 saturated heterocycles. The Kier molecular flexibility index (Phi) is 5.12. The number of thiophene rings is 1. The number of rotatable bonds is 7. The number of pyridine rings is 1. The summed E-state index contributed by atoms with van der Waals surface area (Å²) < 4.78 is 35.1. The van der Waals surface area contributed by atoms with Crippen LogP contribution in [0.15, 0.2) is 65.1 Å². The van der Waals surface area contributed by atoms with Crippen molar-refractivity contribution in [2.75, 3.05) is 13.7 Å². The van der Waals surface area contributed by atoms with Gasteiger partial charge in [0.1, 0.15) is 11.3 Å². The highest BCUT2D eigenvalue weighted by molar-refractivity contribution is 7.89. The monoisotopic (exact) mass is 414 g/mol. The first kappa shape index (κ1) is 18.6. The lowest BCUT2D eigenvalue weighted by atomic mass is 10.3. The van der Waals surface area contributed by atoms with Crippen LogP contribution in [0, 0.1) is 0 Å². The number of benzene rings is 1. The van der Waals surface area contributed by atoms with E-state index in [-0.39, 0.29) is 11.4 Å². The summed E-state index contributed by atoms with van der Waals surface area (Å²) in [4.78, 5) is 9.80. The van der Waals surface area contributed by atoms with Crippen molar-refractivity contribution < 1.29 is 13.2 Å². The van der Waals surface area contributed by atoms with E-state index >= 15 is 0 Å². The van der Waals surface area contributed by atoms with Crippen molar-refractivity contribution in [1.82, 2.24) is 19.3 Å². The number of fused-ring (bicyclic) bond motifs is 1. The van der Waals surface area contributed by atoms with Gasteiger partial charge < -0.3 is 9.30 Å². The molecule has 0 aliphatic carbocycles. The third kappa shape index (κ3) is 3.51. The first-order chi connectivity index (χ1) is 13.6. The summed E-state index contributed by atoms with van der Waals surface area (Å²) in [6, 6.07) is 12.6. The van der Waals surface area contributed by atoms with Gasteiger partial charge in [0.05, 0.1) is 22.4 Å². The van der Waals surface area contributed by atoms with Crippen molar-refractivity contribution >= 4 is 32.4 Å². The van der Waals surface area contributed by atoms with Crippen LogP contribution in [0.2, 0.25) is 0 Å². The quantitative estimate of drug-likeness (QED) is 0.502. The Labute approximate surface area is 166 Å². The Hall–Kier alpha value is -2.75. The van der Waals surface area contributed by atoms with Crippen molar-refractivity contribution in [3.05, 3.63) is 60.2 Å².